The van der Waals surface area contributed by atoms with Crippen LogP contribution in [0.2, 0.25) is 0 Å². The lowest BCUT2D eigenvalue weighted by atomic mass is 9.93. The summed E-state index contributed by atoms with van der Waals surface area (Å²) < 4.78 is 58.9. The highest BCUT2D eigenvalue weighted by atomic mass is 32.2. The molecule has 1 fully saturated rings. The van der Waals surface area contributed by atoms with Crippen LogP contribution in [0.4, 0.5) is 13.2 Å². The number of rotatable bonds is 4. The van der Waals surface area contributed by atoms with Crippen LogP contribution in [0.15, 0.2) is 0 Å². The van der Waals surface area contributed by atoms with Gasteiger partial charge in [-0.2, -0.15) is 13.2 Å². The first-order chi connectivity index (χ1) is 9.11. The average Bonchev–Trinajstić information content (AvgIpc) is 2.35. The van der Waals surface area contributed by atoms with Gasteiger partial charge >= 0.3 is 5.51 Å². The zero-order valence-electron chi connectivity index (χ0n) is 12.0. The van der Waals surface area contributed by atoms with Gasteiger partial charge < -0.3 is 9.45 Å². The normalized spacial score (nSPS) is 23.9. The number of halogens is 3. The number of hydrogen-bond donors (Lipinski definition) is 1. The second kappa shape index (κ2) is 8.84. The second-order valence-corrected chi connectivity index (χ2v) is 6.48. The quantitative estimate of drug-likeness (QED) is 0.631. The Kier molecular flexibility index (Phi) is 8.69. The highest BCUT2D eigenvalue weighted by molar-refractivity contribution is 7.86. The topological polar surface area (TPSA) is 61.6 Å². The van der Waals surface area contributed by atoms with E-state index in [1.54, 1.807) is 0 Å². The molecule has 1 N–H and O–H groups in total. The third-order valence-electron chi connectivity index (χ3n) is 3.47. The zero-order chi connectivity index (χ0) is 15.8. The Morgan fingerprint density at radius 2 is 1.85 bits per heavy atom. The Morgan fingerprint density at radius 1 is 1.30 bits per heavy atom. The van der Waals surface area contributed by atoms with Crippen LogP contribution in [0.3, 0.4) is 0 Å². The van der Waals surface area contributed by atoms with Crippen LogP contribution in [-0.4, -0.2) is 38.1 Å². The van der Waals surface area contributed by atoms with Crippen molar-refractivity contribution in [2.24, 2.45) is 5.92 Å². The van der Waals surface area contributed by atoms with Gasteiger partial charge in [0.2, 0.25) is 0 Å². The second-order valence-electron chi connectivity index (χ2n) is 5.11. The van der Waals surface area contributed by atoms with Crippen LogP contribution >= 0.6 is 0 Å². The van der Waals surface area contributed by atoms with E-state index in [0.29, 0.717) is 0 Å². The molecule has 0 aromatic heterocycles. The molecule has 0 radical (unpaired) electrons. The molecule has 0 aromatic rings. The maximum atomic E-state index is 10.7. The third-order valence-corrected chi connectivity index (χ3v) is 4.04. The molecular formula is C12H24F3NO3S. The van der Waals surface area contributed by atoms with Crippen LogP contribution in [0.1, 0.15) is 46.0 Å². The Morgan fingerprint density at radius 3 is 2.25 bits per heavy atom. The van der Waals surface area contributed by atoms with Gasteiger partial charge in [-0.3, -0.25) is 0 Å². The molecule has 8 heteroatoms. The van der Waals surface area contributed by atoms with Gasteiger partial charge in [0.15, 0.2) is 10.1 Å². The molecule has 1 aliphatic rings. The largest absolute Gasteiger partial charge is 0.741 e. The Balaban J connectivity index is 0.000000396. The third kappa shape index (κ3) is 8.06. The van der Waals surface area contributed by atoms with Crippen molar-refractivity contribution in [3.8, 4) is 0 Å². The summed E-state index contributed by atoms with van der Waals surface area (Å²) in [6, 6.07) is 0. The van der Waals surface area contributed by atoms with E-state index in [-0.39, 0.29) is 0 Å². The maximum absolute atomic E-state index is 10.7. The van der Waals surface area contributed by atoms with Crippen molar-refractivity contribution in [2.45, 2.75) is 51.5 Å². The fourth-order valence-corrected chi connectivity index (χ4v) is 2.31. The molecule has 2 atom stereocenters. The van der Waals surface area contributed by atoms with Crippen LogP contribution in [0.5, 0.6) is 0 Å². The number of unbranched alkanes of at least 4 members (excludes halogenated alkanes) is 1. The molecule has 1 aliphatic heterocycles. The van der Waals surface area contributed by atoms with Gasteiger partial charge in [-0.25, -0.2) is 8.42 Å². The molecule has 0 spiro atoms. The van der Waals surface area contributed by atoms with Crippen molar-refractivity contribution in [3.63, 3.8) is 0 Å². The molecule has 0 saturated carbocycles. The van der Waals surface area contributed by atoms with Gasteiger partial charge in [0, 0.05) is 5.92 Å². The first-order valence-corrected chi connectivity index (χ1v) is 8.38. The molecule has 122 valence electrons. The van der Waals surface area contributed by atoms with E-state index >= 15 is 0 Å². The lowest BCUT2D eigenvalue weighted by Gasteiger charge is -2.28. The molecular weight excluding hydrogens is 295 g/mol. The fourth-order valence-electron chi connectivity index (χ4n) is 2.31. The molecule has 1 heterocycles. The first kappa shape index (κ1) is 19.7. The van der Waals surface area contributed by atoms with Crippen LogP contribution < -0.4 is 4.90 Å². The van der Waals surface area contributed by atoms with Gasteiger partial charge in [-0.1, -0.05) is 19.8 Å². The van der Waals surface area contributed by atoms with Gasteiger partial charge in [-0.05, 0) is 26.2 Å². The Bertz CT molecular complexity index is 357. The van der Waals surface area contributed by atoms with Crippen molar-refractivity contribution >= 4 is 10.1 Å². The first-order valence-electron chi connectivity index (χ1n) is 6.97. The van der Waals surface area contributed by atoms with Gasteiger partial charge in [-0.15, -0.1) is 0 Å². The minimum absolute atomic E-state index is 1.05. The molecule has 4 nitrogen and oxygen atoms in total. The predicted octanol–water partition coefficient (Wildman–Crippen LogP) is 1.54. The SMILES string of the molecule is CCCCC1CCC[NH+](CC)C1.O=S(=O)([O-])C(F)(F)F. The molecule has 0 amide bonds. The lowest BCUT2D eigenvalue weighted by Crippen LogP contribution is -3.13. The van der Waals surface area contributed by atoms with Crippen molar-refractivity contribution in [1.82, 2.24) is 0 Å². The van der Waals surface area contributed by atoms with Gasteiger partial charge in [0.25, 0.3) is 0 Å². The summed E-state index contributed by atoms with van der Waals surface area (Å²) in [5, 5.41) is 0. The van der Waals surface area contributed by atoms with Crippen LogP contribution in [-0.2, 0) is 10.1 Å². The van der Waals surface area contributed by atoms with Gasteiger partial charge in [0.1, 0.15) is 0 Å². The molecule has 1 saturated heterocycles. The highest BCUT2D eigenvalue weighted by Gasteiger charge is 2.36. The number of likely N-dealkylation sites (tertiary alicyclic amines) is 1. The molecule has 0 bridgehead atoms. The Hall–Kier alpha value is -0.340. The molecule has 20 heavy (non-hydrogen) atoms. The molecule has 2 unspecified atom stereocenters. The summed E-state index contributed by atoms with van der Waals surface area (Å²) in [4.78, 5) is 1.84. The fraction of sp³-hybridized carbons (Fsp3) is 1.00. The summed E-state index contributed by atoms with van der Waals surface area (Å²) in [5.74, 6) is 1.05. The van der Waals surface area contributed by atoms with E-state index < -0.39 is 15.6 Å². The summed E-state index contributed by atoms with van der Waals surface area (Å²) >= 11 is 0. The summed E-state index contributed by atoms with van der Waals surface area (Å²) in [5.41, 5.74) is -5.65. The van der Waals surface area contributed by atoms with Crippen molar-refractivity contribution < 1.29 is 31.0 Å². The monoisotopic (exact) mass is 319 g/mol. The smallest absolute Gasteiger partial charge is 0.485 e. The number of alkyl halides is 3. The predicted molar refractivity (Wildman–Crippen MR) is 69.2 cm³/mol. The minimum atomic E-state index is -6.09. The zero-order valence-corrected chi connectivity index (χ0v) is 12.8. The lowest BCUT2D eigenvalue weighted by molar-refractivity contribution is -0.907. The van der Waals surface area contributed by atoms with Crippen molar-refractivity contribution in [2.75, 3.05) is 19.6 Å². The highest BCUT2D eigenvalue weighted by Crippen LogP contribution is 2.20. The van der Waals surface area contributed by atoms with E-state index in [1.165, 1.54) is 51.7 Å². The summed E-state index contributed by atoms with van der Waals surface area (Å²) in [7, 11) is -6.09. The number of nitrogens with one attached hydrogen (secondary N) is 1. The van der Waals surface area contributed by atoms with Crippen molar-refractivity contribution in [1.29, 1.82) is 0 Å². The van der Waals surface area contributed by atoms with E-state index in [1.807, 2.05) is 4.90 Å². The summed E-state index contributed by atoms with van der Waals surface area (Å²) in [6.07, 6.45) is 7.28. The molecule has 0 aromatic carbocycles. The van der Waals surface area contributed by atoms with E-state index in [4.69, 9.17) is 13.0 Å². The molecule has 0 aliphatic carbocycles. The average molecular weight is 319 g/mol. The van der Waals surface area contributed by atoms with Gasteiger partial charge in [0.05, 0.1) is 19.6 Å². The Labute approximate surface area is 119 Å². The number of piperidine rings is 1. The number of quaternary nitrogens is 1. The van der Waals surface area contributed by atoms with E-state index in [9.17, 15) is 13.2 Å². The maximum Gasteiger partial charge on any atom is 0.485 e. The number of hydrogen-bond acceptors (Lipinski definition) is 3. The van der Waals surface area contributed by atoms with Crippen molar-refractivity contribution in [3.05, 3.63) is 0 Å². The van der Waals surface area contributed by atoms with E-state index in [2.05, 4.69) is 13.8 Å². The molecule has 1 rings (SSSR count). The van der Waals surface area contributed by atoms with Crippen LogP contribution in [0.25, 0.3) is 0 Å². The van der Waals surface area contributed by atoms with Crippen LogP contribution in [0, 0.1) is 5.92 Å². The summed E-state index contributed by atoms with van der Waals surface area (Å²) in [6.45, 7) is 8.84. The minimum Gasteiger partial charge on any atom is -0.741 e. The van der Waals surface area contributed by atoms with E-state index in [0.717, 1.165) is 5.92 Å². The standard InChI is InChI=1S/C11H23N.CHF3O3S/c1-3-5-7-11-8-6-9-12(4-2)10-11;2-1(3,4)8(5,6)7/h11H,3-10H2,1-2H3;(H,5,6,7).